The first-order chi connectivity index (χ1) is 14.2. The third kappa shape index (κ3) is 4.88. The molecule has 2 aliphatic heterocycles. The van der Waals surface area contributed by atoms with Crippen molar-refractivity contribution in [2.45, 2.75) is 39.5 Å². The highest BCUT2D eigenvalue weighted by Gasteiger charge is 2.20. The third-order valence-corrected chi connectivity index (χ3v) is 5.55. The summed E-state index contributed by atoms with van der Waals surface area (Å²) in [5.74, 6) is 2.00. The molecule has 0 aliphatic carbocycles. The SMILES string of the molecule is CCNC(=NCc1ccnc(N2CCOC(C)C2)c1)N1CCc2ccccc2C1. The smallest absolute Gasteiger partial charge is 0.194 e. The zero-order valence-electron chi connectivity index (χ0n) is 17.5. The summed E-state index contributed by atoms with van der Waals surface area (Å²) < 4.78 is 5.65. The van der Waals surface area contributed by atoms with E-state index in [2.05, 4.69) is 70.3 Å². The van der Waals surface area contributed by atoms with Gasteiger partial charge in [-0.2, -0.15) is 0 Å². The molecule has 1 atom stereocenters. The van der Waals surface area contributed by atoms with Crippen molar-refractivity contribution in [1.82, 2.24) is 15.2 Å². The lowest BCUT2D eigenvalue weighted by molar-refractivity contribution is 0.0529. The minimum Gasteiger partial charge on any atom is -0.375 e. The van der Waals surface area contributed by atoms with E-state index in [9.17, 15) is 0 Å². The van der Waals surface area contributed by atoms with Crippen LogP contribution in [0.25, 0.3) is 0 Å². The number of nitrogens with one attached hydrogen (secondary N) is 1. The molecule has 0 amide bonds. The number of morpholine rings is 1. The average Bonchev–Trinajstić information content (AvgIpc) is 2.76. The summed E-state index contributed by atoms with van der Waals surface area (Å²) >= 11 is 0. The van der Waals surface area contributed by atoms with Crippen LogP contribution in [0.1, 0.15) is 30.5 Å². The van der Waals surface area contributed by atoms with E-state index < -0.39 is 0 Å². The molecule has 6 nitrogen and oxygen atoms in total. The molecule has 0 spiro atoms. The molecule has 0 saturated carbocycles. The van der Waals surface area contributed by atoms with Gasteiger partial charge in [0.05, 0.1) is 19.3 Å². The van der Waals surface area contributed by atoms with E-state index in [4.69, 9.17) is 9.73 Å². The molecule has 4 rings (SSSR count). The van der Waals surface area contributed by atoms with Crippen LogP contribution in [0.15, 0.2) is 47.6 Å². The normalized spacial score (nSPS) is 19.8. The molecule has 1 aromatic heterocycles. The first-order valence-corrected chi connectivity index (χ1v) is 10.6. The van der Waals surface area contributed by atoms with Crippen LogP contribution in [0.3, 0.4) is 0 Å². The lowest BCUT2D eigenvalue weighted by Gasteiger charge is -2.32. The standard InChI is InChI=1S/C23H31N5O/c1-3-24-23(28-11-9-20-6-4-5-7-21(20)17-28)26-15-19-8-10-25-22(14-19)27-12-13-29-18(2)16-27/h4-8,10,14,18H,3,9,11-13,15-17H2,1-2H3,(H,24,26). The maximum atomic E-state index is 5.65. The first kappa shape index (κ1) is 19.7. The Morgan fingerprint density at radius 3 is 2.93 bits per heavy atom. The van der Waals surface area contributed by atoms with Crippen LogP contribution < -0.4 is 10.2 Å². The van der Waals surface area contributed by atoms with Gasteiger partial charge in [-0.05, 0) is 49.1 Å². The average molecular weight is 394 g/mol. The number of fused-ring (bicyclic) bond motifs is 1. The second kappa shape index (κ2) is 9.27. The number of benzene rings is 1. The van der Waals surface area contributed by atoms with Crippen molar-refractivity contribution in [3.63, 3.8) is 0 Å². The molecule has 1 fully saturated rings. The molecule has 1 aromatic carbocycles. The summed E-state index contributed by atoms with van der Waals surface area (Å²) in [5.41, 5.74) is 4.04. The number of pyridine rings is 1. The number of ether oxygens (including phenoxy) is 1. The molecule has 2 aliphatic rings. The van der Waals surface area contributed by atoms with Gasteiger partial charge in [0.25, 0.3) is 0 Å². The second-order valence-corrected chi connectivity index (χ2v) is 7.76. The fraction of sp³-hybridized carbons (Fsp3) is 0.478. The molecule has 1 N–H and O–H groups in total. The Labute approximate surface area is 173 Å². The van der Waals surface area contributed by atoms with E-state index in [-0.39, 0.29) is 6.10 Å². The molecule has 154 valence electrons. The molecule has 6 heteroatoms. The Bertz CT molecular complexity index is 853. The van der Waals surface area contributed by atoms with Crippen molar-refractivity contribution >= 4 is 11.8 Å². The quantitative estimate of drug-likeness (QED) is 0.639. The molecule has 1 saturated heterocycles. The Kier molecular flexibility index (Phi) is 6.30. The Morgan fingerprint density at radius 2 is 2.10 bits per heavy atom. The van der Waals surface area contributed by atoms with Crippen LogP contribution >= 0.6 is 0 Å². The number of guanidine groups is 1. The lowest BCUT2D eigenvalue weighted by Crippen LogP contribution is -2.44. The summed E-state index contributed by atoms with van der Waals surface area (Å²) in [5, 5.41) is 3.47. The predicted octanol–water partition coefficient (Wildman–Crippen LogP) is 2.83. The first-order valence-electron chi connectivity index (χ1n) is 10.6. The zero-order valence-corrected chi connectivity index (χ0v) is 17.5. The Hall–Kier alpha value is -2.60. The highest BCUT2D eigenvalue weighted by molar-refractivity contribution is 5.80. The number of aromatic nitrogens is 1. The Morgan fingerprint density at radius 1 is 1.24 bits per heavy atom. The van der Waals surface area contributed by atoms with Gasteiger partial charge in [-0.15, -0.1) is 0 Å². The van der Waals surface area contributed by atoms with E-state index in [0.29, 0.717) is 6.54 Å². The van der Waals surface area contributed by atoms with Gasteiger partial charge >= 0.3 is 0 Å². The van der Waals surface area contributed by atoms with Gasteiger partial charge in [0.15, 0.2) is 5.96 Å². The van der Waals surface area contributed by atoms with Crippen LogP contribution in [0.2, 0.25) is 0 Å². The molecule has 1 unspecified atom stereocenters. The number of aliphatic imine (C=N–C) groups is 1. The summed E-state index contributed by atoms with van der Waals surface area (Å²) in [6.07, 6.45) is 3.20. The van der Waals surface area contributed by atoms with Gasteiger partial charge in [0.2, 0.25) is 0 Å². The van der Waals surface area contributed by atoms with Gasteiger partial charge < -0.3 is 19.9 Å². The third-order valence-electron chi connectivity index (χ3n) is 5.55. The van der Waals surface area contributed by atoms with Crippen LogP contribution in [-0.2, 0) is 24.2 Å². The summed E-state index contributed by atoms with van der Waals surface area (Å²) in [6, 6.07) is 12.9. The predicted molar refractivity (Wildman–Crippen MR) is 117 cm³/mol. The molecule has 3 heterocycles. The maximum absolute atomic E-state index is 5.65. The van der Waals surface area contributed by atoms with Crippen molar-refractivity contribution in [2.75, 3.05) is 37.7 Å². The van der Waals surface area contributed by atoms with Crippen molar-refractivity contribution in [2.24, 2.45) is 4.99 Å². The van der Waals surface area contributed by atoms with Crippen molar-refractivity contribution in [3.05, 3.63) is 59.3 Å². The maximum Gasteiger partial charge on any atom is 0.194 e. The van der Waals surface area contributed by atoms with Gasteiger partial charge in [-0.3, -0.25) is 0 Å². The van der Waals surface area contributed by atoms with Crippen LogP contribution in [0.5, 0.6) is 0 Å². The molecule has 0 radical (unpaired) electrons. The van der Waals surface area contributed by atoms with E-state index in [1.54, 1.807) is 0 Å². The Balaban J connectivity index is 1.46. The van der Waals surface area contributed by atoms with Crippen molar-refractivity contribution in [3.8, 4) is 0 Å². The van der Waals surface area contributed by atoms with E-state index in [1.807, 2.05) is 6.20 Å². The largest absolute Gasteiger partial charge is 0.375 e. The number of rotatable bonds is 4. The topological polar surface area (TPSA) is 53.0 Å². The van der Waals surface area contributed by atoms with Crippen molar-refractivity contribution in [1.29, 1.82) is 0 Å². The molecule has 29 heavy (non-hydrogen) atoms. The zero-order chi connectivity index (χ0) is 20.1. The summed E-state index contributed by atoms with van der Waals surface area (Å²) in [7, 11) is 0. The summed E-state index contributed by atoms with van der Waals surface area (Å²) in [4.78, 5) is 14.2. The highest BCUT2D eigenvalue weighted by atomic mass is 16.5. The number of hydrogen-bond donors (Lipinski definition) is 1. The fourth-order valence-electron chi connectivity index (χ4n) is 4.03. The monoisotopic (exact) mass is 393 g/mol. The van der Waals surface area contributed by atoms with Gasteiger partial charge in [-0.25, -0.2) is 9.98 Å². The minimum absolute atomic E-state index is 0.245. The minimum atomic E-state index is 0.245. The van der Waals surface area contributed by atoms with Crippen molar-refractivity contribution < 1.29 is 4.74 Å². The van der Waals surface area contributed by atoms with Gasteiger partial charge in [0, 0.05) is 38.9 Å². The van der Waals surface area contributed by atoms with Crippen LogP contribution in [0, 0.1) is 0 Å². The summed E-state index contributed by atoms with van der Waals surface area (Å²) in [6.45, 7) is 10.2. The highest BCUT2D eigenvalue weighted by Crippen LogP contribution is 2.20. The second-order valence-electron chi connectivity index (χ2n) is 7.76. The molecular weight excluding hydrogens is 362 g/mol. The fourth-order valence-corrected chi connectivity index (χ4v) is 4.03. The number of hydrogen-bond acceptors (Lipinski definition) is 4. The number of nitrogens with zero attached hydrogens (tertiary/aromatic N) is 4. The molecular formula is C23H31N5O. The van der Waals surface area contributed by atoms with Gasteiger partial charge in [-0.1, -0.05) is 24.3 Å². The lowest BCUT2D eigenvalue weighted by atomic mass is 10.0. The number of anilines is 1. The van der Waals surface area contributed by atoms with Crippen LogP contribution in [0.4, 0.5) is 5.82 Å². The molecule has 2 aromatic rings. The van der Waals surface area contributed by atoms with E-state index in [1.165, 1.54) is 16.7 Å². The van der Waals surface area contributed by atoms with E-state index >= 15 is 0 Å². The van der Waals surface area contributed by atoms with E-state index in [0.717, 1.165) is 57.5 Å². The van der Waals surface area contributed by atoms with Gasteiger partial charge in [0.1, 0.15) is 5.82 Å². The molecule has 0 bridgehead atoms. The van der Waals surface area contributed by atoms with Crippen LogP contribution in [-0.4, -0.2) is 54.7 Å².